The average molecular weight is 981 g/mol. The molecule has 0 saturated carbocycles. The third-order valence-electron chi connectivity index (χ3n) is 13.9. The molecule has 0 amide bonds. The maximum atomic E-state index is 12.9. The van der Waals surface area contributed by atoms with E-state index in [9.17, 15) is 19.5 Å². The zero-order valence-corrected chi connectivity index (χ0v) is 46.7. The number of hydrogen-bond acceptors (Lipinski definition) is 8. The lowest BCUT2D eigenvalue weighted by molar-refractivity contribution is -0.870. The van der Waals surface area contributed by atoms with Crippen LogP contribution in [0.4, 0.5) is 0 Å². The van der Waals surface area contributed by atoms with Gasteiger partial charge in [-0.15, -0.1) is 0 Å². The molecule has 0 aliphatic heterocycles. The monoisotopic (exact) mass is 980 g/mol. The van der Waals surface area contributed by atoms with E-state index in [2.05, 4.69) is 13.8 Å². The van der Waals surface area contributed by atoms with E-state index >= 15 is 0 Å². The minimum atomic E-state index is -1.61. The first-order chi connectivity index (χ1) is 33.6. The van der Waals surface area contributed by atoms with E-state index in [1.165, 1.54) is 244 Å². The van der Waals surface area contributed by atoms with Crippen molar-refractivity contribution in [1.82, 2.24) is 0 Å². The Labute approximate surface area is 428 Å². The number of likely N-dealkylation sites (N-methyl/N-ethyl adjacent to an activating group) is 1. The third-order valence-corrected chi connectivity index (χ3v) is 13.9. The zero-order valence-electron chi connectivity index (χ0n) is 46.7. The summed E-state index contributed by atoms with van der Waals surface area (Å²) < 4.78 is 22.7. The molecule has 0 aliphatic rings. The van der Waals surface area contributed by atoms with Crippen molar-refractivity contribution < 1.29 is 42.9 Å². The second-order valence-electron chi connectivity index (χ2n) is 22.0. The number of carbonyl (C=O) groups is 3. The van der Waals surface area contributed by atoms with E-state index in [4.69, 9.17) is 18.9 Å². The van der Waals surface area contributed by atoms with Gasteiger partial charge in [-0.2, -0.15) is 0 Å². The van der Waals surface area contributed by atoms with Crippen LogP contribution in [0.5, 0.6) is 0 Å². The highest BCUT2D eigenvalue weighted by Crippen LogP contribution is 2.18. The van der Waals surface area contributed by atoms with E-state index in [1.807, 2.05) is 21.1 Å². The summed E-state index contributed by atoms with van der Waals surface area (Å²) in [5.41, 5.74) is 0. The van der Waals surface area contributed by atoms with Crippen LogP contribution >= 0.6 is 0 Å². The molecule has 9 heteroatoms. The van der Waals surface area contributed by atoms with Gasteiger partial charge >= 0.3 is 11.9 Å². The van der Waals surface area contributed by atoms with Gasteiger partial charge in [0, 0.05) is 12.8 Å². The molecular formula is C60H117NO8. The van der Waals surface area contributed by atoms with E-state index in [1.54, 1.807) is 0 Å². The predicted octanol–water partition coefficient (Wildman–Crippen LogP) is 16.2. The third kappa shape index (κ3) is 53.9. The van der Waals surface area contributed by atoms with Gasteiger partial charge in [0.1, 0.15) is 13.2 Å². The molecule has 2 unspecified atom stereocenters. The highest BCUT2D eigenvalue weighted by Gasteiger charge is 2.22. The van der Waals surface area contributed by atoms with Crippen LogP contribution in [0, 0.1) is 0 Å². The van der Waals surface area contributed by atoms with Crippen LogP contribution in [0.2, 0.25) is 0 Å². The maximum absolute atomic E-state index is 12.9. The van der Waals surface area contributed by atoms with Crippen LogP contribution in [0.3, 0.4) is 0 Å². The number of nitrogens with zero attached hydrogens (tertiary/aromatic N) is 1. The average Bonchev–Trinajstić information content (AvgIpc) is 3.31. The molecule has 0 N–H and O–H groups in total. The Balaban J connectivity index is 4.12. The Bertz CT molecular complexity index is 1100. The van der Waals surface area contributed by atoms with Gasteiger partial charge in [0.15, 0.2) is 12.4 Å². The molecule has 9 nitrogen and oxygen atoms in total. The summed E-state index contributed by atoms with van der Waals surface area (Å²) >= 11 is 0. The number of hydrogen-bond donors (Lipinski definition) is 0. The lowest BCUT2D eigenvalue weighted by atomic mass is 10.0. The molecular weight excluding hydrogens is 863 g/mol. The lowest BCUT2D eigenvalue weighted by Gasteiger charge is -2.26. The van der Waals surface area contributed by atoms with E-state index < -0.39 is 24.3 Å². The summed E-state index contributed by atoms with van der Waals surface area (Å²) in [5.74, 6) is -2.25. The smallest absolute Gasteiger partial charge is 0.306 e. The summed E-state index contributed by atoms with van der Waals surface area (Å²) in [6.45, 7) is 4.82. The molecule has 2 atom stereocenters. The fourth-order valence-electron chi connectivity index (χ4n) is 9.19. The number of carbonyl (C=O) groups excluding carboxylic acids is 3. The van der Waals surface area contributed by atoms with Crippen molar-refractivity contribution in [3.8, 4) is 0 Å². The predicted molar refractivity (Wildman–Crippen MR) is 288 cm³/mol. The van der Waals surface area contributed by atoms with Gasteiger partial charge < -0.3 is 33.3 Å². The second-order valence-corrected chi connectivity index (χ2v) is 22.0. The van der Waals surface area contributed by atoms with E-state index in [0.29, 0.717) is 17.4 Å². The first-order valence-corrected chi connectivity index (χ1v) is 30.2. The standard InChI is InChI=1S/C60H117NO8/c1-6-8-10-12-14-16-18-20-22-24-25-26-27-28-29-30-31-32-33-35-37-39-41-43-45-47-49-51-58(63)69-56(55-68-60(59(64)65)66-53-52-61(3,4)5)54-67-57(62)50-48-46-44-42-40-38-36-34-23-21-19-17-15-13-11-9-7-2/h56,60H,6-55H2,1-5H3. The van der Waals surface area contributed by atoms with Crippen molar-refractivity contribution in [2.24, 2.45) is 0 Å². The second kappa shape index (κ2) is 52.6. The maximum Gasteiger partial charge on any atom is 0.306 e. The largest absolute Gasteiger partial charge is 0.545 e. The summed E-state index contributed by atoms with van der Waals surface area (Å²) in [7, 11) is 5.94. The number of carboxylic acid groups (broad SMARTS) is 1. The molecule has 69 heavy (non-hydrogen) atoms. The van der Waals surface area contributed by atoms with Crippen molar-refractivity contribution in [2.45, 2.75) is 322 Å². The molecule has 0 fully saturated rings. The van der Waals surface area contributed by atoms with Crippen molar-refractivity contribution in [1.29, 1.82) is 0 Å². The number of ether oxygens (including phenoxy) is 4. The van der Waals surface area contributed by atoms with Gasteiger partial charge in [-0.05, 0) is 12.8 Å². The fourth-order valence-corrected chi connectivity index (χ4v) is 9.19. The SMILES string of the molecule is CCCCCCCCCCCCCCCCCCCCCCCCCCCCCC(=O)OC(COC(=O)CCCCCCCCCCCCCCCCCCC)COC(OCC[N+](C)(C)C)C(=O)[O-]. The summed E-state index contributed by atoms with van der Waals surface area (Å²) in [6, 6.07) is 0. The minimum absolute atomic E-state index is 0.153. The minimum Gasteiger partial charge on any atom is -0.545 e. The Kier molecular flexibility index (Phi) is 51.3. The number of unbranched alkanes of at least 4 members (excludes halogenated alkanes) is 42. The number of aliphatic carboxylic acids is 1. The van der Waals surface area contributed by atoms with Gasteiger partial charge in [0.2, 0.25) is 0 Å². The highest BCUT2D eigenvalue weighted by molar-refractivity contribution is 5.70. The summed E-state index contributed by atoms with van der Waals surface area (Å²) in [6.07, 6.45) is 55.9. The van der Waals surface area contributed by atoms with Gasteiger partial charge in [0.25, 0.3) is 0 Å². The zero-order chi connectivity index (χ0) is 50.6. The van der Waals surface area contributed by atoms with Gasteiger partial charge in [-0.3, -0.25) is 9.59 Å². The first-order valence-electron chi connectivity index (χ1n) is 30.2. The van der Waals surface area contributed by atoms with Crippen LogP contribution in [0.1, 0.15) is 309 Å². The quantitative estimate of drug-likeness (QED) is 0.0256. The molecule has 0 spiro atoms. The van der Waals surface area contributed by atoms with Crippen molar-refractivity contribution in [2.75, 3.05) is 47.5 Å². The van der Waals surface area contributed by atoms with Crippen LogP contribution in [0.15, 0.2) is 0 Å². The van der Waals surface area contributed by atoms with Crippen LogP contribution in [-0.4, -0.2) is 82.3 Å². The topological polar surface area (TPSA) is 111 Å². The molecule has 0 saturated heterocycles. The van der Waals surface area contributed by atoms with E-state index in [0.717, 1.165) is 38.5 Å². The lowest BCUT2D eigenvalue weighted by Crippen LogP contribution is -2.44. The normalized spacial score (nSPS) is 12.7. The molecule has 0 radical (unpaired) electrons. The summed E-state index contributed by atoms with van der Waals surface area (Å²) in [5, 5.41) is 11.8. The van der Waals surface area contributed by atoms with Crippen molar-refractivity contribution in [3.05, 3.63) is 0 Å². The molecule has 0 rings (SSSR count). The van der Waals surface area contributed by atoms with Gasteiger partial charge in [-0.1, -0.05) is 284 Å². The molecule has 0 bridgehead atoms. The highest BCUT2D eigenvalue weighted by atomic mass is 16.7. The molecule has 0 aromatic heterocycles. The number of rotatable bonds is 57. The Morgan fingerprint density at radius 2 is 0.652 bits per heavy atom. The van der Waals surface area contributed by atoms with Gasteiger partial charge in [0.05, 0.1) is 40.3 Å². The van der Waals surface area contributed by atoms with Gasteiger partial charge in [-0.25, -0.2) is 0 Å². The molecule has 0 aromatic rings. The summed E-state index contributed by atoms with van der Waals surface area (Å²) in [4.78, 5) is 37.3. The van der Waals surface area contributed by atoms with Crippen molar-refractivity contribution in [3.63, 3.8) is 0 Å². The molecule has 0 aromatic carbocycles. The molecule has 410 valence electrons. The molecule has 0 aliphatic carbocycles. The Morgan fingerprint density at radius 3 is 0.928 bits per heavy atom. The van der Waals surface area contributed by atoms with Crippen molar-refractivity contribution >= 4 is 17.9 Å². The number of esters is 2. The van der Waals surface area contributed by atoms with Crippen LogP contribution in [-0.2, 0) is 33.3 Å². The Hall–Kier alpha value is -1.71. The van der Waals surface area contributed by atoms with Crippen LogP contribution < -0.4 is 5.11 Å². The number of quaternary nitrogens is 1. The number of carboxylic acids is 1. The van der Waals surface area contributed by atoms with E-state index in [-0.39, 0.29) is 32.2 Å². The first kappa shape index (κ1) is 67.3. The molecule has 0 heterocycles. The Morgan fingerprint density at radius 1 is 0.377 bits per heavy atom. The van der Waals surface area contributed by atoms with Crippen LogP contribution in [0.25, 0.3) is 0 Å². The fraction of sp³-hybridized carbons (Fsp3) is 0.950.